The van der Waals surface area contributed by atoms with Gasteiger partial charge in [0.15, 0.2) is 0 Å². The van der Waals surface area contributed by atoms with Crippen molar-refractivity contribution in [2.24, 2.45) is 5.84 Å². The van der Waals surface area contributed by atoms with Gasteiger partial charge in [0.25, 0.3) is 15.9 Å². The topological polar surface area (TPSA) is 102 Å². The highest BCUT2D eigenvalue weighted by Gasteiger charge is 2.30. The maximum atomic E-state index is 13.2. The minimum absolute atomic E-state index is 0.107. The van der Waals surface area contributed by atoms with Crippen molar-refractivity contribution >= 4 is 21.6 Å². The second kappa shape index (κ2) is 7.49. The summed E-state index contributed by atoms with van der Waals surface area (Å²) in [5.74, 6) is 3.96. The number of carbonyl (C=O) groups excluding carboxylic acids is 1. The number of amides is 1. The number of halogens is 1. The smallest absolute Gasteiger partial charge is 0.268 e. The molecule has 0 aliphatic carbocycles. The van der Waals surface area contributed by atoms with Crippen molar-refractivity contribution < 1.29 is 22.3 Å². The summed E-state index contributed by atoms with van der Waals surface area (Å²) >= 11 is 0. The van der Waals surface area contributed by atoms with Gasteiger partial charge >= 0.3 is 0 Å². The number of rotatable bonds is 6. The van der Waals surface area contributed by atoms with E-state index in [0.29, 0.717) is 5.56 Å². The third kappa shape index (κ3) is 4.06. The predicted molar refractivity (Wildman–Crippen MR) is 91.0 cm³/mol. The van der Waals surface area contributed by atoms with Gasteiger partial charge in [0.1, 0.15) is 23.0 Å². The molecular weight excluding hydrogens is 349 g/mol. The number of carbonyl (C=O) groups is 1. The van der Waals surface area contributed by atoms with Gasteiger partial charge in [0, 0.05) is 0 Å². The van der Waals surface area contributed by atoms with E-state index in [9.17, 15) is 17.6 Å². The number of anilines is 1. The number of methoxy groups -OCH3 is 1. The fourth-order valence-electron chi connectivity index (χ4n) is 2.20. The van der Waals surface area contributed by atoms with Crippen LogP contribution in [0.25, 0.3) is 0 Å². The Morgan fingerprint density at radius 2 is 1.88 bits per heavy atom. The summed E-state index contributed by atoms with van der Waals surface area (Å²) in [6, 6.07) is 9.39. The zero-order valence-electron chi connectivity index (χ0n) is 13.7. The SMILES string of the molecule is COc1ccc(C)cc1S(=O)(=O)N(CC(=O)NN)c1ccc(F)cc1. The summed E-state index contributed by atoms with van der Waals surface area (Å²) in [6.45, 7) is 1.16. The summed E-state index contributed by atoms with van der Waals surface area (Å²) in [5.41, 5.74) is 2.70. The van der Waals surface area contributed by atoms with Crippen molar-refractivity contribution in [1.29, 1.82) is 0 Å². The molecule has 7 nitrogen and oxygen atoms in total. The van der Waals surface area contributed by atoms with Crippen LogP contribution >= 0.6 is 0 Å². The molecule has 0 saturated heterocycles. The summed E-state index contributed by atoms with van der Waals surface area (Å²) in [7, 11) is -2.82. The standard InChI is InChI=1S/C16H18FN3O4S/c1-11-3-8-14(24-2)15(9-11)25(22,23)20(10-16(21)19-18)13-6-4-12(17)5-7-13/h3-9H,10,18H2,1-2H3,(H,19,21). The zero-order valence-corrected chi connectivity index (χ0v) is 14.5. The molecule has 3 N–H and O–H groups in total. The van der Waals surface area contributed by atoms with E-state index in [-0.39, 0.29) is 16.3 Å². The Balaban J connectivity index is 2.61. The number of hydrazine groups is 1. The minimum atomic E-state index is -4.17. The number of sulfonamides is 1. The molecule has 0 aliphatic rings. The second-order valence-electron chi connectivity index (χ2n) is 5.21. The maximum Gasteiger partial charge on any atom is 0.268 e. The Bertz CT molecular complexity index is 869. The van der Waals surface area contributed by atoms with Crippen LogP contribution in [0.15, 0.2) is 47.4 Å². The van der Waals surface area contributed by atoms with Gasteiger partial charge < -0.3 is 4.74 Å². The molecule has 134 valence electrons. The van der Waals surface area contributed by atoms with Gasteiger partial charge in [-0.05, 0) is 48.9 Å². The Morgan fingerprint density at radius 3 is 2.44 bits per heavy atom. The Morgan fingerprint density at radius 1 is 1.24 bits per heavy atom. The van der Waals surface area contributed by atoms with E-state index in [1.54, 1.807) is 13.0 Å². The molecule has 0 aromatic heterocycles. The van der Waals surface area contributed by atoms with E-state index < -0.39 is 28.3 Å². The van der Waals surface area contributed by atoms with Crippen molar-refractivity contribution in [2.75, 3.05) is 18.0 Å². The molecule has 1 amide bonds. The minimum Gasteiger partial charge on any atom is -0.495 e. The maximum absolute atomic E-state index is 13.2. The van der Waals surface area contributed by atoms with E-state index in [4.69, 9.17) is 10.6 Å². The van der Waals surface area contributed by atoms with Crippen LogP contribution < -0.4 is 20.3 Å². The predicted octanol–water partition coefficient (Wildman–Crippen LogP) is 1.33. The second-order valence-corrected chi connectivity index (χ2v) is 7.04. The number of hydrogen-bond acceptors (Lipinski definition) is 5. The molecule has 0 radical (unpaired) electrons. The average Bonchev–Trinajstić information content (AvgIpc) is 2.60. The van der Waals surface area contributed by atoms with E-state index in [2.05, 4.69) is 0 Å². The van der Waals surface area contributed by atoms with Crippen molar-refractivity contribution in [3.05, 3.63) is 53.8 Å². The Labute approximate surface area is 145 Å². The molecule has 2 aromatic rings. The number of aryl methyl sites for hydroxylation is 1. The van der Waals surface area contributed by atoms with Crippen molar-refractivity contribution in [3.63, 3.8) is 0 Å². The van der Waals surface area contributed by atoms with E-state index >= 15 is 0 Å². The zero-order chi connectivity index (χ0) is 18.6. The molecule has 0 saturated carbocycles. The highest BCUT2D eigenvalue weighted by atomic mass is 32.2. The molecule has 0 bridgehead atoms. The molecule has 0 unspecified atom stereocenters. The van der Waals surface area contributed by atoms with Crippen molar-refractivity contribution in [1.82, 2.24) is 5.43 Å². The number of ether oxygens (including phenoxy) is 1. The van der Waals surface area contributed by atoms with Crippen LogP contribution in [0.4, 0.5) is 10.1 Å². The summed E-state index contributed by atoms with van der Waals surface area (Å²) < 4.78 is 45.4. The molecule has 9 heteroatoms. The van der Waals surface area contributed by atoms with Crippen LogP contribution in [0.2, 0.25) is 0 Å². The lowest BCUT2D eigenvalue weighted by Crippen LogP contribution is -2.43. The average molecular weight is 367 g/mol. The van der Waals surface area contributed by atoms with Gasteiger partial charge in [-0.2, -0.15) is 0 Å². The molecule has 0 atom stereocenters. The van der Waals surface area contributed by atoms with Gasteiger partial charge in [-0.3, -0.25) is 14.5 Å². The lowest BCUT2D eigenvalue weighted by Gasteiger charge is -2.24. The molecule has 0 heterocycles. The van der Waals surface area contributed by atoms with Crippen LogP contribution in [-0.2, 0) is 14.8 Å². The number of nitrogens with two attached hydrogens (primary N) is 1. The first kappa shape index (κ1) is 18.7. The normalized spacial score (nSPS) is 11.0. The van der Waals surface area contributed by atoms with Crippen molar-refractivity contribution in [2.45, 2.75) is 11.8 Å². The number of benzene rings is 2. The highest BCUT2D eigenvalue weighted by molar-refractivity contribution is 7.93. The van der Waals surface area contributed by atoms with Gasteiger partial charge in [-0.25, -0.2) is 18.7 Å². The monoisotopic (exact) mass is 367 g/mol. The summed E-state index contributed by atoms with van der Waals surface area (Å²) in [6.07, 6.45) is 0. The number of nitrogens with one attached hydrogen (secondary N) is 1. The lowest BCUT2D eigenvalue weighted by molar-refractivity contribution is -0.119. The molecule has 2 rings (SSSR count). The van der Waals surface area contributed by atoms with E-state index in [1.807, 2.05) is 5.43 Å². The van der Waals surface area contributed by atoms with E-state index in [1.165, 1.54) is 31.4 Å². The van der Waals surface area contributed by atoms with Crippen LogP contribution in [0.5, 0.6) is 5.75 Å². The quantitative estimate of drug-likeness (QED) is 0.456. The lowest BCUT2D eigenvalue weighted by atomic mass is 10.2. The molecule has 2 aromatic carbocycles. The van der Waals surface area contributed by atoms with E-state index in [0.717, 1.165) is 16.4 Å². The fraction of sp³-hybridized carbons (Fsp3) is 0.188. The molecule has 0 fully saturated rings. The first-order valence-electron chi connectivity index (χ1n) is 7.22. The third-order valence-corrected chi connectivity index (χ3v) is 5.25. The largest absolute Gasteiger partial charge is 0.495 e. The Kier molecular flexibility index (Phi) is 5.60. The first-order valence-corrected chi connectivity index (χ1v) is 8.66. The molecular formula is C16H18FN3O4S. The van der Waals surface area contributed by atoms with Crippen LogP contribution in [0, 0.1) is 12.7 Å². The van der Waals surface area contributed by atoms with Crippen LogP contribution in [0.3, 0.4) is 0 Å². The molecule has 0 spiro atoms. The summed E-state index contributed by atoms with van der Waals surface area (Å²) in [5, 5.41) is 0. The van der Waals surface area contributed by atoms with Crippen LogP contribution in [-0.4, -0.2) is 28.0 Å². The molecule has 25 heavy (non-hydrogen) atoms. The number of hydrogen-bond donors (Lipinski definition) is 2. The van der Waals surface area contributed by atoms with Crippen molar-refractivity contribution in [3.8, 4) is 5.75 Å². The first-order chi connectivity index (χ1) is 11.8. The van der Waals surface area contributed by atoms with Gasteiger partial charge in [0.05, 0.1) is 12.8 Å². The summed E-state index contributed by atoms with van der Waals surface area (Å²) in [4.78, 5) is 11.6. The van der Waals surface area contributed by atoms with Gasteiger partial charge in [0.2, 0.25) is 0 Å². The third-order valence-electron chi connectivity index (χ3n) is 3.45. The molecule has 0 aliphatic heterocycles. The van der Waals surface area contributed by atoms with Gasteiger partial charge in [-0.1, -0.05) is 6.07 Å². The van der Waals surface area contributed by atoms with Gasteiger partial charge in [-0.15, -0.1) is 0 Å². The number of nitrogens with zero attached hydrogens (tertiary/aromatic N) is 1. The van der Waals surface area contributed by atoms with Crippen LogP contribution in [0.1, 0.15) is 5.56 Å². The fourth-order valence-corrected chi connectivity index (χ4v) is 3.87. The highest BCUT2D eigenvalue weighted by Crippen LogP contribution is 2.30. The Hall–Kier alpha value is -2.65.